The van der Waals surface area contributed by atoms with Crippen LogP contribution in [0, 0.1) is 0 Å². The molecule has 1 fully saturated rings. The molecule has 0 spiro atoms. The number of amides is 2. The maximum Gasteiger partial charge on any atom is 0.239 e. The van der Waals surface area contributed by atoms with E-state index >= 15 is 0 Å². The van der Waals surface area contributed by atoms with Gasteiger partial charge in [0.25, 0.3) is 0 Å². The molecule has 1 unspecified atom stereocenters. The first-order valence-corrected chi connectivity index (χ1v) is 12.7. The fraction of sp³-hybridized carbons (Fsp3) is 0.800. The number of nitrogens with one attached hydrogen (secondary N) is 1. The van der Waals surface area contributed by atoms with E-state index in [2.05, 4.69) is 44.6 Å². The number of rotatable bonds is 2. The summed E-state index contributed by atoms with van der Waals surface area (Å²) in [6.45, 7) is 12.9. The van der Waals surface area contributed by atoms with Crippen LogP contribution in [0.25, 0.3) is 0 Å². The zero-order valence-electron chi connectivity index (χ0n) is 11.0. The molecule has 0 aliphatic carbocycles. The molecule has 4 nitrogen and oxygen atoms in total. The first-order valence-electron chi connectivity index (χ1n) is 5.64. The van der Waals surface area contributed by atoms with Gasteiger partial charge in [-0.05, 0) is 0 Å². The molecule has 6 heteroatoms. The average Bonchev–Trinajstić information content (AvgIpc) is 2.04. The molecule has 0 bridgehead atoms. The Labute approximate surface area is 99.5 Å². The molecule has 0 aromatic rings. The van der Waals surface area contributed by atoms with Crippen LogP contribution in [0.15, 0.2) is 0 Å². The quantitative estimate of drug-likeness (QED) is 0.752. The molecule has 1 rings (SSSR count). The summed E-state index contributed by atoms with van der Waals surface area (Å²) in [5, 5.41) is 2.86. The van der Waals surface area contributed by atoms with E-state index in [0.717, 1.165) is 0 Å². The van der Waals surface area contributed by atoms with Gasteiger partial charge in [-0.3, -0.25) is 9.59 Å². The summed E-state index contributed by atoms with van der Waals surface area (Å²) in [5.41, 5.74) is -0.250. The monoisotopic (exact) mass is 258 g/mol. The van der Waals surface area contributed by atoms with Crippen molar-refractivity contribution in [3.8, 4) is 0 Å². The lowest BCUT2D eigenvalue weighted by Gasteiger charge is -2.43. The highest BCUT2D eigenvalue weighted by atomic mass is 28.3. The fourth-order valence-corrected chi connectivity index (χ4v) is 4.83. The molecular weight excluding hydrogens is 236 g/mol. The van der Waals surface area contributed by atoms with Crippen molar-refractivity contribution in [1.29, 1.82) is 0 Å². The maximum absolute atomic E-state index is 12.3. The van der Waals surface area contributed by atoms with Gasteiger partial charge in [-0.25, -0.2) is 0 Å². The molecule has 1 aliphatic heterocycles. The topological polar surface area (TPSA) is 49.4 Å². The molecule has 92 valence electrons. The lowest BCUT2D eigenvalue weighted by Crippen LogP contribution is -2.70. The second-order valence-electron chi connectivity index (χ2n) is 6.46. The Morgan fingerprint density at radius 2 is 1.62 bits per heavy atom. The van der Waals surface area contributed by atoms with Crippen LogP contribution in [0.4, 0.5) is 0 Å². The predicted octanol–water partition coefficient (Wildman–Crippen LogP) is 1.03. The van der Waals surface area contributed by atoms with E-state index in [1.807, 2.05) is 4.57 Å². The molecular formula is C10H22N2O2Si2. The van der Waals surface area contributed by atoms with Crippen molar-refractivity contribution < 1.29 is 9.59 Å². The SMILES string of the molecule is C[Si](C)(C)C1NC(=O)CN([Si](C)(C)C)C1=O. The summed E-state index contributed by atoms with van der Waals surface area (Å²) in [6.07, 6.45) is 0. The normalized spacial score (nSPS) is 23.4. The maximum atomic E-state index is 12.3. The third-order valence-corrected chi connectivity index (χ3v) is 6.92. The Hall–Kier alpha value is -0.626. The lowest BCUT2D eigenvalue weighted by atomic mass is 10.4. The third-order valence-electron chi connectivity index (χ3n) is 2.80. The molecule has 0 radical (unpaired) electrons. The number of piperazine rings is 1. The Morgan fingerprint density at radius 1 is 1.12 bits per heavy atom. The molecule has 2 amide bonds. The number of nitrogens with zero attached hydrogens (tertiary/aromatic N) is 1. The van der Waals surface area contributed by atoms with Gasteiger partial charge in [0.2, 0.25) is 11.8 Å². The second kappa shape index (κ2) is 3.99. The highest BCUT2D eigenvalue weighted by Gasteiger charge is 2.44. The molecule has 1 saturated heterocycles. The Kier molecular flexibility index (Phi) is 3.35. The van der Waals surface area contributed by atoms with E-state index in [4.69, 9.17) is 0 Å². The number of hydrogen-bond acceptors (Lipinski definition) is 2. The largest absolute Gasteiger partial charge is 0.360 e. The first kappa shape index (κ1) is 13.4. The molecule has 1 aliphatic rings. The van der Waals surface area contributed by atoms with Gasteiger partial charge in [-0.1, -0.05) is 39.3 Å². The molecule has 1 N–H and O–H groups in total. The first-order chi connectivity index (χ1) is 7.03. The summed E-state index contributed by atoms with van der Waals surface area (Å²) in [7, 11) is -3.42. The van der Waals surface area contributed by atoms with Crippen molar-refractivity contribution in [3.05, 3.63) is 0 Å². The minimum atomic E-state index is -1.74. The van der Waals surface area contributed by atoms with Crippen LogP contribution in [0.2, 0.25) is 39.3 Å². The molecule has 1 heterocycles. The van der Waals surface area contributed by atoms with Crippen LogP contribution in [0.3, 0.4) is 0 Å². The van der Waals surface area contributed by atoms with Crippen molar-refractivity contribution in [3.63, 3.8) is 0 Å². The van der Waals surface area contributed by atoms with Crippen molar-refractivity contribution in [2.45, 2.75) is 44.9 Å². The Balaban J connectivity index is 3.00. The summed E-state index contributed by atoms with van der Waals surface area (Å²) < 4.78 is 1.83. The zero-order chi connectivity index (χ0) is 12.7. The number of hydrogen-bond donors (Lipinski definition) is 1. The third kappa shape index (κ3) is 2.73. The smallest absolute Gasteiger partial charge is 0.239 e. The van der Waals surface area contributed by atoms with Crippen LogP contribution in [0.5, 0.6) is 0 Å². The van der Waals surface area contributed by atoms with Gasteiger partial charge in [0.1, 0.15) is 0 Å². The molecule has 1 atom stereocenters. The second-order valence-corrected chi connectivity index (χ2v) is 16.7. The fourth-order valence-electron chi connectivity index (χ4n) is 1.80. The van der Waals surface area contributed by atoms with E-state index in [9.17, 15) is 9.59 Å². The van der Waals surface area contributed by atoms with Crippen LogP contribution in [-0.4, -0.2) is 44.9 Å². The van der Waals surface area contributed by atoms with Gasteiger partial charge < -0.3 is 9.88 Å². The van der Waals surface area contributed by atoms with Gasteiger partial charge in [-0.2, -0.15) is 0 Å². The standard InChI is InChI=1S/C10H22N2O2Si2/c1-15(2,3)9-10(14)12(16(4,5)6)7-8(13)11-9/h9H,7H2,1-6H3,(H,11,13). The minimum absolute atomic E-state index is 0.00514. The van der Waals surface area contributed by atoms with Crippen LogP contribution < -0.4 is 5.32 Å². The molecule has 0 aromatic carbocycles. The average molecular weight is 258 g/mol. The highest BCUT2D eigenvalue weighted by Crippen LogP contribution is 2.19. The van der Waals surface area contributed by atoms with Crippen LogP contribution in [0.1, 0.15) is 0 Å². The van der Waals surface area contributed by atoms with E-state index in [-0.39, 0.29) is 24.0 Å². The van der Waals surface area contributed by atoms with Gasteiger partial charge in [0.15, 0.2) is 8.24 Å². The zero-order valence-corrected chi connectivity index (χ0v) is 13.0. The number of carbonyl (C=O) groups excluding carboxylic acids is 2. The van der Waals surface area contributed by atoms with Gasteiger partial charge in [-0.15, -0.1) is 0 Å². The summed E-state index contributed by atoms with van der Waals surface area (Å²) in [5.74, 6) is 0.132. The van der Waals surface area contributed by atoms with Crippen molar-refractivity contribution in [1.82, 2.24) is 9.88 Å². The van der Waals surface area contributed by atoms with Crippen LogP contribution in [-0.2, 0) is 9.59 Å². The van der Waals surface area contributed by atoms with Gasteiger partial charge in [0.05, 0.1) is 20.3 Å². The van der Waals surface area contributed by atoms with Gasteiger partial charge in [0, 0.05) is 0 Å². The van der Waals surface area contributed by atoms with E-state index in [1.165, 1.54) is 0 Å². The van der Waals surface area contributed by atoms with Crippen LogP contribution >= 0.6 is 0 Å². The summed E-state index contributed by atoms with van der Waals surface area (Å²) >= 11 is 0. The Morgan fingerprint density at radius 3 is 2.00 bits per heavy atom. The van der Waals surface area contributed by atoms with E-state index in [1.54, 1.807) is 0 Å². The van der Waals surface area contributed by atoms with E-state index in [0.29, 0.717) is 0 Å². The lowest BCUT2D eigenvalue weighted by molar-refractivity contribution is -0.138. The van der Waals surface area contributed by atoms with E-state index < -0.39 is 16.3 Å². The molecule has 16 heavy (non-hydrogen) atoms. The van der Waals surface area contributed by atoms with Crippen molar-refractivity contribution in [2.75, 3.05) is 6.54 Å². The number of carbonyl (C=O) groups is 2. The summed E-state index contributed by atoms with van der Waals surface area (Å²) in [4.78, 5) is 24.0. The van der Waals surface area contributed by atoms with Gasteiger partial charge >= 0.3 is 0 Å². The minimum Gasteiger partial charge on any atom is -0.360 e. The molecule has 0 saturated carbocycles. The summed E-state index contributed by atoms with van der Waals surface area (Å²) in [6, 6.07) is 0. The molecule has 0 aromatic heterocycles. The highest BCUT2D eigenvalue weighted by molar-refractivity contribution is 6.83. The predicted molar refractivity (Wildman–Crippen MR) is 70.3 cm³/mol. The van der Waals surface area contributed by atoms with Crippen molar-refractivity contribution >= 4 is 28.1 Å². The Bertz CT molecular complexity index is 290. The van der Waals surface area contributed by atoms with Crippen molar-refractivity contribution in [2.24, 2.45) is 0 Å².